The average molecular weight is 392 g/mol. The number of alkyl halides is 3. The second-order valence-corrected chi connectivity index (χ2v) is 7.26. The van der Waals surface area contributed by atoms with Crippen molar-refractivity contribution in [1.29, 1.82) is 0 Å². The molecule has 0 N–H and O–H groups in total. The lowest BCUT2D eigenvalue weighted by Gasteiger charge is -2.27. The molecule has 1 aliphatic carbocycles. The van der Waals surface area contributed by atoms with Crippen molar-refractivity contribution in [3.63, 3.8) is 0 Å². The van der Waals surface area contributed by atoms with Crippen molar-refractivity contribution in [2.24, 2.45) is 5.92 Å². The maximum Gasteiger partial charge on any atom is 0.416 e. The molecule has 1 fully saturated rings. The van der Waals surface area contributed by atoms with Gasteiger partial charge in [-0.1, -0.05) is 36.9 Å². The maximum absolute atomic E-state index is 14.2. The van der Waals surface area contributed by atoms with E-state index in [4.69, 9.17) is 0 Å². The normalized spacial score (nSPS) is 20.0. The molecule has 0 aliphatic heterocycles. The van der Waals surface area contributed by atoms with E-state index >= 15 is 0 Å². The lowest BCUT2D eigenvalue weighted by molar-refractivity contribution is -0.0690. The minimum absolute atomic E-state index is 0.190. The smallest absolute Gasteiger partial charge is 0.206 e. The zero-order chi connectivity index (χ0) is 20.5. The number of allylic oxidation sites excluding steroid dienone is 2. The Labute approximate surface area is 161 Å². The summed E-state index contributed by atoms with van der Waals surface area (Å²) in [5.74, 6) is -1.55. The van der Waals surface area contributed by atoms with Gasteiger partial charge in [-0.3, -0.25) is 0 Å². The van der Waals surface area contributed by atoms with E-state index in [0.29, 0.717) is 17.4 Å². The molecule has 5 heteroatoms. The minimum Gasteiger partial charge on any atom is -0.206 e. The second-order valence-electron chi connectivity index (χ2n) is 7.26. The molecular formula is C23H21F5. The SMILES string of the molecule is C=CC1CCC(c2ccc(-c3cc(F)c(C(=C)C(F)(F)F)c(F)c3)cc2)CC1. The molecule has 0 spiro atoms. The molecule has 1 aliphatic rings. The first-order valence-corrected chi connectivity index (χ1v) is 9.19. The van der Waals surface area contributed by atoms with Crippen LogP contribution in [0.2, 0.25) is 0 Å². The first-order chi connectivity index (χ1) is 13.2. The van der Waals surface area contributed by atoms with Crippen molar-refractivity contribution in [3.8, 4) is 11.1 Å². The number of hydrogen-bond donors (Lipinski definition) is 0. The van der Waals surface area contributed by atoms with Crippen molar-refractivity contribution >= 4 is 5.57 Å². The third kappa shape index (κ3) is 4.18. The fourth-order valence-corrected chi connectivity index (χ4v) is 3.81. The van der Waals surface area contributed by atoms with E-state index in [0.717, 1.165) is 43.4 Å². The van der Waals surface area contributed by atoms with E-state index < -0.39 is 28.9 Å². The van der Waals surface area contributed by atoms with Crippen LogP contribution in [0.1, 0.15) is 42.7 Å². The van der Waals surface area contributed by atoms with Gasteiger partial charge in [0.05, 0.1) is 11.1 Å². The lowest BCUT2D eigenvalue weighted by Crippen LogP contribution is -2.12. The Kier molecular flexibility index (Phi) is 5.73. The van der Waals surface area contributed by atoms with Gasteiger partial charge in [0.1, 0.15) is 11.6 Å². The Morgan fingerprint density at radius 3 is 1.89 bits per heavy atom. The van der Waals surface area contributed by atoms with Gasteiger partial charge in [0.25, 0.3) is 0 Å². The van der Waals surface area contributed by atoms with E-state index in [1.54, 1.807) is 12.1 Å². The Morgan fingerprint density at radius 2 is 1.43 bits per heavy atom. The fraction of sp³-hybridized carbons (Fsp3) is 0.304. The molecule has 148 valence electrons. The van der Waals surface area contributed by atoms with Crippen molar-refractivity contribution in [3.05, 3.63) is 78.4 Å². The summed E-state index contributed by atoms with van der Waals surface area (Å²) in [7, 11) is 0. The van der Waals surface area contributed by atoms with E-state index in [9.17, 15) is 22.0 Å². The first-order valence-electron chi connectivity index (χ1n) is 9.19. The minimum atomic E-state index is -4.89. The summed E-state index contributed by atoms with van der Waals surface area (Å²) in [6, 6.07) is 9.18. The molecule has 1 saturated carbocycles. The first kappa shape index (κ1) is 20.3. The summed E-state index contributed by atoms with van der Waals surface area (Å²) in [5.41, 5.74) is -0.762. The summed E-state index contributed by atoms with van der Waals surface area (Å²) in [5, 5.41) is 0. The molecule has 0 saturated heterocycles. The van der Waals surface area contributed by atoms with Gasteiger partial charge in [0, 0.05) is 0 Å². The lowest BCUT2D eigenvalue weighted by atomic mass is 9.78. The van der Waals surface area contributed by atoms with Crippen LogP contribution in [-0.2, 0) is 0 Å². The summed E-state index contributed by atoms with van der Waals surface area (Å²) >= 11 is 0. The van der Waals surface area contributed by atoms with Crippen molar-refractivity contribution in [2.45, 2.75) is 37.8 Å². The quantitative estimate of drug-likeness (QED) is 0.370. The van der Waals surface area contributed by atoms with Gasteiger partial charge in [-0.05, 0) is 66.3 Å². The van der Waals surface area contributed by atoms with Crippen LogP contribution < -0.4 is 0 Å². The van der Waals surface area contributed by atoms with Crippen molar-refractivity contribution in [1.82, 2.24) is 0 Å². The molecule has 0 radical (unpaired) electrons. The van der Waals surface area contributed by atoms with Crippen molar-refractivity contribution < 1.29 is 22.0 Å². The van der Waals surface area contributed by atoms with Crippen LogP contribution >= 0.6 is 0 Å². The second kappa shape index (κ2) is 7.90. The number of rotatable bonds is 4. The van der Waals surface area contributed by atoms with Gasteiger partial charge in [-0.2, -0.15) is 13.2 Å². The van der Waals surface area contributed by atoms with Gasteiger partial charge in [0.15, 0.2) is 0 Å². The highest BCUT2D eigenvalue weighted by molar-refractivity contribution is 5.72. The largest absolute Gasteiger partial charge is 0.416 e. The third-order valence-electron chi connectivity index (χ3n) is 5.51. The predicted octanol–water partition coefficient (Wildman–Crippen LogP) is 7.67. The van der Waals surface area contributed by atoms with E-state index in [2.05, 4.69) is 13.2 Å². The number of hydrogen-bond acceptors (Lipinski definition) is 0. The molecule has 2 aromatic rings. The third-order valence-corrected chi connectivity index (χ3v) is 5.51. The van der Waals surface area contributed by atoms with Gasteiger partial charge in [-0.25, -0.2) is 8.78 Å². The molecule has 28 heavy (non-hydrogen) atoms. The Morgan fingerprint density at radius 1 is 0.893 bits per heavy atom. The topological polar surface area (TPSA) is 0 Å². The van der Waals surface area contributed by atoms with Crippen molar-refractivity contribution in [2.75, 3.05) is 0 Å². The van der Waals surface area contributed by atoms with Crippen LogP contribution in [0.15, 0.2) is 55.6 Å². The molecule has 0 aromatic heterocycles. The number of halogens is 5. The van der Waals surface area contributed by atoms with Gasteiger partial charge in [0.2, 0.25) is 0 Å². The average Bonchev–Trinajstić information content (AvgIpc) is 2.67. The molecule has 3 rings (SSSR count). The van der Waals surface area contributed by atoms with Crippen LogP contribution in [0.5, 0.6) is 0 Å². The van der Waals surface area contributed by atoms with Gasteiger partial charge < -0.3 is 0 Å². The maximum atomic E-state index is 14.2. The van der Waals surface area contributed by atoms with Crippen LogP contribution in [0, 0.1) is 17.6 Å². The zero-order valence-corrected chi connectivity index (χ0v) is 15.3. The molecule has 0 heterocycles. The van der Waals surface area contributed by atoms with Crippen LogP contribution in [0.4, 0.5) is 22.0 Å². The molecule has 2 aromatic carbocycles. The predicted molar refractivity (Wildman–Crippen MR) is 102 cm³/mol. The molecule has 0 amide bonds. The van der Waals surface area contributed by atoms with Gasteiger partial charge >= 0.3 is 6.18 Å². The standard InChI is InChI=1S/C23H21F5/c1-3-15-4-6-16(7-5-15)17-8-10-18(11-9-17)19-12-20(24)22(21(25)13-19)14(2)23(26,27)28/h3,8-13,15-16H,1-2,4-7H2. The Bertz CT molecular complexity index is 846. The molecule has 0 bridgehead atoms. The Balaban J connectivity index is 1.83. The monoisotopic (exact) mass is 392 g/mol. The van der Waals surface area contributed by atoms with E-state index in [1.807, 2.05) is 18.2 Å². The van der Waals surface area contributed by atoms with Crippen LogP contribution in [0.3, 0.4) is 0 Å². The number of benzene rings is 2. The molecule has 0 atom stereocenters. The zero-order valence-electron chi connectivity index (χ0n) is 15.3. The molecule has 0 unspecified atom stereocenters. The highest BCUT2D eigenvalue weighted by Gasteiger charge is 2.36. The van der Waals surface area contributed by atoms with E-state index in [1.165, 1.54) is 0 Å². The molecule has 0 nitrogen and oxygen atoms in total. The summed E-state index contributed by atoms with van der Waals surface area (Å²) in [6.07, 6.45) is 1.42. The molecular weight excluding hydrogens is 371 g/mol. The van der Waals surface area contributed by atoms with Gasteiger partial charge in [-0.15, -0.1) is 6.58 Å². The summed E-state index contributed by atoms with van der Waals surface area (Å²) < 4.78 is 66.7. The highest BCUT2D eigenvalue weighted by atomic mass is 19.4. The fourth-order valence-electron chi connectivity index (χ4n) is 3.81. The Hall–Kier alpha value is -2.43. The van der Waals surface area contributed by atoms with E-state index in [-0.39, 0.29) is 5.56 Å². The summed E-state index contributed by atoms with van der Waals surface area (Å²) in [6.45, 7) is 6.63. The van der Waals surface area contributed by atoms with Crippen LogP contribution in [-0.4, -0.2) is 6.18 Å². The highest BCUT2D eigenvalue weighted by Crippen LogP contribution is 2.38. The van der Waals surface area contributed by atoms with Crippen LogP contribution in [0.25, 0.3) is 16.7 Å². The summed E-state index contributed by atoms with van der Waals surface area (Å²) in [4.78, 5) is 0.